The van der Waals surface area contributed by atoms with Crippen LogP contribution in [0.1, 0.15) is 25.5 Å². The Kier molecular flexibility index (Phi) is 5.33. The van der Waals surface area contributed by atoms with Crippen molar-refractivity contribution in [3.05, 3.63) is 26.6 Å². The zero-order valence-corrected chi connectivity index (χ0v) is 16.1. The van der Waals surface area contributed by atoms with Crippen LogP contribution < -0.4 is 0 Å². The molecule has 2 aliphatic heterocycles. The molecule has 0 aliphatic carbocycles. The van der Waals surface area contributed by atoms with Crippen molar-refractivity contribution in [3.63, 3.8) is 0 Å². The van der Waals surface area contributed by atoms with Gasteiger partial charge >= 0.3 is 0 Å². The number of hydrogen-bond donors (Lipinski definition) is 0. The number of nitrogens with zero attached hydrogens (tertiary/aromatic N) is 2. The fourth-order valence-electron chi connectivity index (χ4n) is 2.66. The highest BCUT2D eigenvalue weighted by molar-refractivity contribution is 14.1. The summed E-state index contributed by atoms with van der Waals surface area (Å²) in [6.07, 6.45) is 3.47. The first-order valence-electron chi connectivity index (χ1n) is 7.72. The van der Waals surface area contributed by atoms with Crippen molar-refractivity contribution < 1.29 is 18.8 Å². The van der Waals surface area contributed by atoms with Crippen LogP contribution in [0.4, 0.5) is 4.79 Å². The number of amides is 3. The molecule has 0 bridgehead atoms. The van der Waals surface area contributed by atoms with Crippen LogP contribution in [0.25, 0.3) is 6.08 Å². The van der Waals surface area contributed by atoms with E-state index >= 15 is 0 Å². The van der Waals surface area contributed by atoms with E-state index in [1.165, 1.54) is 0 Å². The van der Waals surface area contributed by atoms with E-state index in [-0.39, 0.29) is 17.4 Å². The van der Waals surface area contributed by atoms with Gasteiger partial charge in [-0.15, -0.1) is 0 Å². The van der Waals surface area contributed by atoms with Crippen molar-refractivity contribution in [1.29, 1.82) is 0 Å². The molecular weight excluding hydrogens is 443 g/mol. The van der Waals surface area contributed by atoms with E-state index < -0.39 is 11.1 Å². The Morgan fingerprint density at radius 1 is 1.38 bits per heavy atom. The van der Waals surface area contributed by atoms with E-state index in [9.17, 15) is 14.4 Å². The average molecular weight is 460 g/mol. The highest BCUT2D eigenvalue weighted by atomic mass is 127. The third kappa shape index (κ3) is 3.85. The highest BCUT2D eigenvalue weighted by Crippen LogP contribution is 2.32. The monoisotopic (exact) mass is 460 g/mol. The fourth-order valence-corrected chi connectivity index (χ4v) is 3.92. The molecule has 3 amide bonds. The number of likely N-dealkylation sites (tertiary alicyclic amines) is 1. The number of carbonyl (C=O) groups is 3. The van der Waals surface area contributed by atoms with E-state index in [1.54, 1.807) is 23.1 Å². The van der Waals surface area contributed by atoms with Crippen molar-refractivity contribution >= 4 is 57.5 Å². The number of piperidine rings is 1. The largest absolute Gasteiger partial charge is 0.451 e. The van der Waals surface area contributed by atoms with Crippen molar-refractivity contribution in [2.45, 2.75) is 19.8 Å². The Labute approximate surface area is 157 Å². The van der Waals surface area contributed by atoms with Crippen LogP contribution in [-0.2, 0) is 9.59 Å². The predicted octanol–water partition coefficient (Wildman–Crippen LogP) is 3.18. The van der Waals surface area contributed by atoms with Gasteiger partial charge in [0.2, 0.25) is 5.91 Å². The third-order valence-corrected chi connectivity index (χ3v) is 5.66. The van der Waals surface area contributed by atoms with Gasteiger partial charge in [0, 0.05) is 19.2 Å². The van der Waals surface area contributed by atoms with Gasteiger partial charge in [-0.25, -0.2) is 0 Å². The lowest BCUT2D eigenvalue weighted by Crippen LogP contribution is -2.45. The van der Waals surface area contributed by atoms with Crippen LogP contribution in [0.5, 0.6) is 0 Å². The van der Waals surface area contributed by atoms with E-state index in [0.717, 1.165) is 29.5 Å². The molecule has 2 saturated heterocycles. The highest BCUT2D eigenvalue weighted by Gasteiger charge is 2.37. The van der Waals surface area contributed by atoms with Gasteiger partial charge in [-0.3, -0.25) is 19.3 Å². The Bertz CT molecular complexity index is 707. The second-order valence-electron chi connectivity index (χ2n) is 5.97. The number of rotatable bonds is 3. The quantitative estimate of drug-likeness (QED) is 0.512. The van der Waals surface area contributed by atoms with Gasteiger partial charge in [0.05, 0.1) is 4.91 Å². The van der Waals surface area contributed by atoms with Crippen LogP contribution >= 0.6 is 34.4 Å². The second-order valence-corrected chi connectivity index (χ2v) is 8.03. The Hall–Kier alpha value is -1.29. The summed E-state index contributed by atoms with van der Waals surface area (Å²) in [6, 6.07) is 3.51. The van der Waals surface area contributed by atoms with Gasteiger partial charge in [0.1, 0.15) is 12.3 Å². The molecule has 3 heterocycles. The minimum atomic E-state index is -0.435. The van der Waals surface area contributed by atoms with E-state index in [2.05, 4.69) is 6.92 Å². The summed E-state index contributed by atoms with van der Waals surface area (Å²) in [5.74, 6) is 0.527. The maximum atomic E-state index is 12.4. The molecule has 3 rings (SSSR count). The SMILES string of the molecule is CC1CCN(C(=O)CN2C(=O)SC(=Cc3ccc(I)o3)C2=O)CC1. The summed E-state index contributed by atoms with van der Waals surface area (Å²) in [4.78, 5) is 39.9. The zero-order chi connectivity index (χ0) is 17.3. The van der Waals surface area contributed by atoms with E-state index in [0.29, 0.717) is 28.5 Å². The first kappa shape index (κ1) is 17.5. The smallest absolute Gasteiger partial charge is 0.294 e. The lowest BCUT2D eigenvalue weighted by atomic mass is 9.99. The average Bonchev–Trinajstić information content (AvgIpc) is 3.06. The predicted molar refractivity (Wildman–Crippen MR) is 99.1 cm³/mol. The van der Waals surface area contributed by atoms with Crippen molar-refractivity contribution in [2.75, 3.05) is 19.6 Å². The van der Waals surface area contributed by atoms with Crippen LogP contribution in [0, 0.1) is 9.68 Å². The summed E-state index contributed by atoms with van der Waals surface area (Å²) in [5.41, 5.74) is 0. The number of imide groups is 1. The van der Waals surface area contributed by atoms with Gasteiger partial charge in [-0.2, -0.15) is 0 Å². The topological polar surface area (TPSA) is 70.8 Å². The Morgan fingerprint density at radius 2 is 2.08 bits per heavy atom. The summed E-state index contributed by atoms with van der Waals surface area (Å²) >= 11 is 2.87. The number of halogens is 1. The van der Waals surface area contributed by atoms with Crippen LogP contribution in [-0.4, -0.2) is 46.5 Å². The number of furan rings is 1. The van der Waals surface area contributed by atoms with E-state index in [1.807, 2.05) is 22.6 Å². The van der Waals surface area contributed by atoms with E-state index in [4.69, 9.17) is 4.42 Å². The molecule has 0 aromatic carbocycles. The molecule has 0 N–H and O–H groups in total. The normalized spacial score (nSPS) is 21.2. The van der Waals surface area contributed by atoms with Crippen molar-refractivity contribution in [1.82, 2.24) is 9.80 Å². The van der Waals surface area contributed by atoms with Gasteiger partial charge in [-0.05, 0) is 65.2 Å². The van der Waals surface area contributed by atoms with Gasteiger partial charge in [0.25, 0.3) is 11.1 Å². The fraction of sp³-hybridized carbons (Fsp3) is 0.438. The first-order valence-corrected chi connectivity index (χ1v) is 9.62. The third-order valence-electron chi connectivity index (χ3n) is 4.17. The Balaban J connectivity index is 1.66. The molecule has 1 aromatic heterocycles. The Morgan fingerprint density at radius 3 is 2.71 bits per heavy atom. The lowest BCUT2D eigenvalue weighted by Gasteiger charge is -2.31. The molecular formula is C16H17IN2O4S. The van der Waals surface area contributed by atoms with Gasteiger partial charge < -0.3 is 9.32 Å². The number of thioether (sulfide) groups is 1. The zero-order valence-electron chi connectivity index (χ0n) is 13.2. The summed E-state index contributed by atoms with van der Waals surface area (Å²) in [7, 11) is 0. The molecule has 6 nitrogen and oxygen atoms in total. The summed E-state index contributed by atoms with van der Waals surface area (Å²) in [6.45, 7) is 3.36. The van der Waals surface area contributed by atoms with Crippen LogP contribution in [0.2, 0.25) is 0 Å². The van der Waals surface area contributed by atoms with Gasteiger partial charge in [0.15, 0.2) is 3.77 Å². The first-order chi connectivity index (χ1) is 11.4. The maximum absolute atomic E-state index is 12.4. The number of carbonyl (C=O) groups excluding carboxylic acids is 3. The molecule has 0 spiro atoms. The molecule has 2 aliphatic rings. The lowest BCUT2D eigenvalue weighted by molar-refractivity contribution is -0.136. The molecule has 24 heavy (non-hydrogen) atoms. The van der Waals surface area contributed by atoms with Gasteiger partial charge in [-0.1, -0.05) is 6.92 Å². The molecule has 1 aromatic rings. The van der Waals surface area contributed by atoms with Crippen molar-refractivity contribution in [3.8, 4) is 0 Å². The molecule has 0 atom stereocenters. The van der Waals surface area contributed by atoms with Crippen LogP contribution in [0.15, 0.2) is 21.5 Å². The minimum Gasteiger partial charge on any atom is -0.451 e. The minimum absolute atomic E-state index is 0.169. The molecule has 0 radical (unpaired) electrons. The second kappa shape index (κ2) is 7.30. The van der Waals surface area contributed by atoms with Crippen molar-refractivity contribution in [2.24, 2.45) is 5.92 Å². The molecule has 128 valence electrons. The van der Waals surface area contributed by atoms with Crippen LogP contribution in [0.3, 0.4) is 0 Å². The summed E-state index contributed by atoms with van der Waals surface area (Å²) in [5, 5.41) is -0.411. The molecule has 2 fully saturated rings. The molecule has 0 unspecified atom stereocenters. The number of hydrogen-bond acceptors (Lipinski definition) is 5. The molecule has 8 heteroatoms. The standard InChI is InChI=1S/C16H17IN2O4S/c1-10-4-6-18(7-5-10)14(20)9-19-15(21)12(24-16(19)22)8-11-2-3-13(17)23-11/h2-3,8,10H,4-7,9H2,1H3. The maximum Gasteiger partial charge on any atom is 0.294 e. The molecule has 0 saturated carbocycles. The summed E-state index contributed by atoms with van der Waals surface area (Å²) < 4.78 is 6.09.